The molecule has 0 aliphatic carbocycles. The average molecular weight is 460 g/mol. The number of nitrogens with one attached hydrogen (secondary N) is 1. The van der Waals surface area contributed by atoms with Crippen LogP contribution in [0.2, 0.25) is 0 Å². The van der Waals surface area contributed by atoms with Gasteiger partial charge < -0.3 is 39.9 Å². The van der Waals surface area contributed by atoms with Crippen molar-refractivity contribution in [2.75, 3.05) is 12.3 Å². The molecule has 1 saturated heterocycles. The first-order chi connectivity index (χ1) is 12.9. The van der Waals surface area contributed by atoms with E-state index in [4.69, 9.17) is 10.5 Å². The summed E-state index contributed by atoms with van der Waals surface area (Å²) in [6.07, 6.45) is -5.02. The maximum Gasteiger partial charge on any atom is 1.00 e. The summed E-state index contributed by atoms with van der Waals surface area (Å²) in [6, 6.07) is 0. The van der Waals surface area contributed by atoms with Gasteiger partial charge >= 0.3 is 45.5 Å². The summed E-state index contributed by atoms with van der Waals surface area (Å²) in [6.45, 7) is -0.925. The van der Waals surface area contributed by atoms with Gasteiger partial charge in [0.15, 0.2) is 17.4 Å². The molecule has 16 nitrogen and oxygen atoms in total. The van der Waals surface area contributed by atoms with Crippen LogP contribution in [0, 0.1) is 0 Å². The van der Waals surface area contributed by atoms with Gasteiger partial charge in [-0.2, -0.15) is 4.98 Å². The summed E-state index contributed by atoms with van der Waals surface area (Å²) in [5.74, 6) is -0.245. The molecule has 6 N–H and O–H groups in total. The Hall–Kier alpha value is -0.515. The fourth-order valence-electron chi connectivity index (χ4n) is 2.54. The van der Waals surface area contributed by atoms with Crippen molar-refractivity contribution in [1.29, 1.82) is 0 Å². The summed E-state index contributed by atoms with van der Waals surface area (Å²) in [5, 5.41) is 20.2. The zero-order chi connectivity index (χ0) is 20.9. The molecule has 0 bridgehead atoms. The number of hydrogen-bond donors (Lipinski definition) is 5. The predicted molar refractivity (Wildman–Crippen MR) is 83.0 cm³/mol. The number of ether oxygens (including phenoxy) is 1. The van der Waals surface area contributed by atoms with Crippen LogP contribution in [0.25, 0.3) is 11.2 Å². The Morgan fingerprint density at radius 1 is 1.30 bits per heavy atom. The van der Waals surface area contributed by atoms with E-state index in [0.717, 1.165) is 10.9 Å². The second kappa shape index (κ2) is 9.96. The molecule has 0 radical (unpaired) electrons. The van der Waals surface area contributed by atoms with E-state index >= 15 is 0 Å². The Morgan fingerprint density at radius 3 is 2.53 bits per heavy atom. The molecule has 0 spiro atoms. The Kier molecular flexibility index (Phi) is 9.13. The van der Waals surface area contributed by atoms with Gasteiger partial charge in [-0.1, -0.05) is 0 Å². The number of H-pyrrole nitrogens is 1. The summed E-state index contributed by atoms with van der Waals surface area (Å²) < 4.78 is 35.9. The molecule has 2 unspecified atom stereocenters. The normalized spacial score (nSPS) is 26.0. The van der Waals surface area contributed by atoms with E-state index in [-0.39, 0.29) is 54.8 Å². The topological polar surface area (TPSA) is 258 Å². The molecule has 5 atom stereocenters. The molecule has 0 aromatic carbocycles. The quantitative estimate of drug-likeness (QED) is 0.152. The number of phosphoric acid groups is 2. The van der Waals surface area contributed by atoms with E-state index in [1.807, 2.05) is 0 Å². The molecule has 0 saturated carbocycles. The number of aromatic amines is 1. The smallest absolute Gasteiger partial charge is 0.789 e. The van der Waals surface area contributed by atoms with Gasteiger partial charge in [0.05, 0.1) is 20.8 Å². The van der Waals surface area contributed by atoms with Crippen molar-refractivity contribution < 1.29 is 85.3 Å². The minimum Gasteiger partial charge on any atom is -0.789 e. The maximum atomic E-state index is 11.8. The molecule has 2 aromatic rings. The van der Waals surface area contributed by atoms with Gasteiger partial charge in [0.1, 0.15) is 18.3 Å². The number of hydrogen-bond acceptors (Lipinski definition) is 13. The van der Waals surface area contributed by atoms with Crippen LogP contribution in [0.15, 0.2) is 11.1 Å². The molecular formula is C10H13Li2N5O11P2. The number of nitrogens with two attached hydrogens (primary N) is 1. The molecule has 30 heavy (non-hydrogen) atoms. The van der Waals surface area contributed by atoms with Gasteiger partial charge in [0.2, 0.25) is 5.95 Å². The molecule has 1 aliphatic rings. The largest absolute Gasteiger partial charge is 1.00 e. The molecule has 156 valence electrons. The van der Waals surface area contributed by atoms with Gasteiger partial charge in [-0.3, -0.25) is 23.2 Å². The second-order valence-electron chi connectivity index (χ2n) is 5.61. The molecule has 2 aromatic heterocycles. The van der Waals surface area contributed by atoms with E-state index < -0.39 is 52.4 Å². The number of imidazole rings is 1. The van der Waals surface area contributed by atoms with E-state index in [9.17, 15) is 38.8 Å². The number of aliphatic hydroxyl groups excluding tert-OH is 2. The van der Waals surface area contributed by atoms with Crippen LogP contribution >= 0.6 is 15.6 Å². The third-order valence-corrected chi connectivity index (χ3v) is 5.77. The first-order valence-corrected chi connectivity index (χ1v) is 10.3. The molecule has 3 heterocycles. The van der Waals surface area contributed by atoms with Crippen molar-refractivity contribution in [2.24, 2.45) is 0 Å². The van der Waals surface area contributed by atoms with Crippen molar-refractivity contribution in [3.63, 3.8) is 0 Å². The summed E-state index contributed by atoms with van der Waals surface area (Å²) in [5.41, 5.74) is 4.59. The average Bonchev–Trinajstić information content (AvgIpc) is 3.06. The number of rotatable bonds is 6. The van der Waals surface area contributed by atoms with Crippen molar-refractivity contribution in [3.8, 4) is 0 Å². The van der Waals surface area contributed by atoms with Crippen LogP contribution < -0.4 is 58.8 Å². The van der Waals surface area contributed by atoms with Crippen LogP contribution in [0.3, 0.4) is 0 Å². The summed E-state index contributed by atoms with van der Waals surface area (Å²) in [7, 11) is -11.1. The van der Waals surface area contributed by atoms with Crippen LogP contribution in [0.5, 0.6) is 0 Å². The molecule has 0 amide bonds. The van der Waals surface area contributed by atoms with Gasteiger partial charge in [-0.25, -0.2) is 9.55 Å². The third-order valence-electron chi connectivity index (χ3n) is 3.67. The zero-order valence-electron chi connectivity index (χ0n) is 15.5. The van der Waals surface area contributed by atoms with Gasteiger partial charge in [0, 0.05) is 0 Å². The minimum absolute atomic E-state index is 0. The minimum atomic E-state index is -5.82. The van der Waals surface area contributed by atoms with Crippen molar-refractivity contribution in [1.82, 2.24) is 19.5 Å². The molecule has 1 fully saturated rings. The number of anilines is 1. The van der Waals surface area contributed by atoms with Crippen LogP contribution in [0.1, 0.15) is 6.23 Å². The van der Waals surface area contributed by atoms with Crippen LogP contribution in [-0.2, 0) is 22.7 Å². The fraction of sp³-hybridized carbons (Fsp3) is 0.500. The van der Waals surface area contributed by atoms with E-state index in [0.29, 0.717) is 0 Å². The monoisotopic (exact) mass is 460 g/mol. The molecule has 1 aliphatic heterocycles. The van der Waals surface area contributed by atoms with Crippen LogP contribution in [0.4, 0.5) is 5.95 Å². The summed E-state index contributed by atoms with van der Waals surface area (Å²) in [4.78, 5) is 51.7. The maximum absolute atomic E-state index is 11.8. The number of nitrogens with zero attached hydrogens (tertiary/aromatic N) is 3. The number of aliphatic hydroxyl groups is 2. The molecular weight excluding hydrogens is 447 g/mol. The zero-order valence-corrected chi connectivity index (χ0v) is 17.3. The van der Waals surface area contributed by atoms with E-state index in [1.54, 1.807) is 0 Å². The van der Waals surface area contributed by atoms with Gasteiger partial charge in [-0.05, 0) is 0 Å². The number of phosphoric ester groups is 1. The Balaban J connectivity index is 0.00000225. The number of aromatic nitrogens is 4. The van der Waals surface area contributed by atoms with Gasteiger partial charge in [-0.15, -0.1) is 0 Å². The molecule has 3 rings (SSSR count). The second-order valence-corrected chi connectivity index (χ2v) is 8.36. The first kappa shape index (κ1) is 27.5. The SMILES string of the molecule is [15NH2]c1[15n]c2c([15n]c[15n]2[C@@H]2O[C@H](COP(=O)(O)OP(=O)([O-])[O-])C(O)[C@@H]2O)c(=O)[15nH]1.[Li+].[Li+]. The Labute approximate surface area is 191 Å². The van der Waals surface area contributed by atoms with Crippen LogP contribution in [-0.4, -0.2) is 59.5 Å². The third kappa shape index (κ3) is 6.04. The standard InChI is InChI=1S/C10H15N5O11P2.2Li/c11-10-13-7-4(8(18)14-10)12-2-15(7)9-6(17)5(16)3(25-9)1-24-28(22,23)26-27(19,20)21;;/h2-3,5-6,9,16-17H,1H2,(H,22,23)(H2,19,20,21)(H3,11,13,14,18);;/q;2*+1/p-2/t3-,5?,6+,9-;;/m1../s1/i11+1,12+1,13+1,14+1,15+1;;. The van der Waals surface area contributed by atoms with E-state index in [1.165, 1.54) is 0 Å². The number of fused-ring (bicyclic) bond motifs is 1. The number of nitrogen functional groups attached to an aromatic ring is 1. The fourth-order valence-corrected chi connectivity index (χ4v) is 4.08. The van der Waals surface area contributed by atoms with Crippen molar-refractivity contribution in [2.45, 2.75) is 24.5 Å². The Morgan fingerprint density at radius 2 is 1.93 bits per heavy atom. The Bertz CT molecular complexity index is 1040. The first-order valence-electron chi connectivity index (χ1n) is 7.32. The van der Waals surface area contributed by atoms with Gasteiger partial charge in [0.25, 0.3) is 5.56 Å². The van der Waals surface area contributed by atoms with E-state index in [2.05, 4.69) is 23.8 Å². The molecule has 20 heteroatoms. The predicted octanol–water partition coefficient (Wildman–Crippen LogP) is -9.71. The summed E-state index contributed by atoms with van der Waals surface area (Å²) >= 11 is 0. The van der Waals surface area contributed by atoms with Crippen molar-refractivity contribution >= 4 is 32.8 Å². The van der Waals surface area contributed by atoms with Crippen molar-refractivity contribution in [3.05, 3.63) is 16.7 Å².